The van der Waals surface area contributed by atoms with Crippen LogP contribution in [0.25, 0.3) is 0 Å². The van der Waals surface area contributed by atoms with Gasteiger partial charge in [-0.15, -0.1) is 0 Å². The fourth-order valence-corrected chi connectivity index (χ4v) is 2.07. The number of benzene rings is 1. The van der Waals surface area contributed by atoms with E-state index in [4.69, 9.17) is 9.47 Å². The molecule has 1 N–H and O–H groups in total. The van der Waals surface area contributed by atoms with Crippen LogP contribution in [0.2, 0.25) is 0 Å². The molecule has 2 aromatic rings. The van der Waals surface area contributed by atoms with Gasteiger partial charge in [0.25, 0.3) is 0 Å². The van der Waals surface area contributed by atoms with Crippen molar-refractivity contribution in [1.29, 1.82) is 0 Å². The quantitative estimate of drug-likeness (QED) is 0.903. The van der Waals surface area contributed by atoms with Gasteiger partial charge in [-0.05, 0) is 25.2 Å². The minimum atomic E-state index is 0.265. The summed E-state index contributed by atoms with van der Waals surface area (Å²) in [6, 6.07) is 7.94. The van der Waals surface area contributed by atoms with Crippen molar-refractivity contribution in [3.63, 3.8) is 0 Å². The zero-order valence-electron chi connectivity index (χ0n) is 10.7. The van der Waals surface area contributed by atoms with E-state index in [2.05, 4.69) is 15.3 Å². The van der Waals surface area contributed by atoms with Gasteiger partial charge >= 0.3 is 0 Å². The lowest BCUT2D eigenvalue weighted by molar-refractivity contribution is 0.290. The molecular weight excluding hydrogens is 242 g/mol. The highest BCUT2D eigenvalue weighted by Crippen LogP contribution is 2.35. The molecule has 1 aliphatic rings. The second-order valence-electron chi connectivity index (χ2n) is 4.31. The van der Waals surface area contributed by atoms with Crippen molar-refractivity contribution in [2.24, 2.45) is 0 Å². The van der Waals surface area contributed by atoms with E-state index in [-0.39, 0.29) is 6.04 Å². The Kier molecular flexibility index (Phi) is 3.29. The summed E-state index contributed by atoms with van der Waals surface area (Å²) in [6.07, 6.45) is 3.41. The average Bonchev–Trinajstić information content (AvgIpc) is 2.88. The van der Waals surface area contributed by atoms with E-state index >= 15 is 0 Å². The van der Waals surface area contributed by atoms with E-state index in [1.807, 2.05) is 25.2 Å². The highest BCUT2D eigenvalue weighted by Gasteiger charge is 2.22. The Balaban J connectivity index is 1.70. The van der Waals surface area contributed by atoms with Gasteiger partial charge < -0.3 is 14.8 Å². The number of aromatic nitrogens is 2. The van der Waals surface area contributed by atoms with Gasteiger partial charge in [-0.3, -0.25) is 0 Å². The van der Waals surface area contributed by atoms with E-state index < -0.39 is 0 Å². The molecule has 2 heterocycles. The third-order valence-electron chi connectivity index (χ3n) is 3.10. The van der Waals surface area contributed by atoms with Gasteiger partial charge in [0.15, 0.2) is 5.82 Å². The van der Waals surface area contributed by atoms with Crippen LogP contribution in [0, 0.1) is 0 Å². The molecule has 1 unspecified atom stereocenters. The van der Waals surface area contributed by atoms with Crippen LogP contribution in [0.1, 0.15) is 17.4 Å². The molecular formula is C14H15N3O2. The van der Waals surface area contributed by atoms with Gasteiger partial charge in [0.2, 0.25) is 0 Å². The molecule has 1 aliphatic heterocycles. The van der Waals surface area contributed by atoms with Crippen molar-refractivity contribution >= 4 is 0 Å². The second-order valence-corrected chi connectivity index (χ2v) is 4.31. The van der Waals surface area contributed by atoms with E-state index in [1.165, 1.54) is 5.56 Å². The first-order valence-corrected chi connectivity index (χ1v) is 6.19. The molecule has 5 nitrogen and oxygen atoms in total. The van der Waals surface area contributed by atoms with Crippen molar-refractivity contribution in [3.8, 4) is 11.5 Å². The minimum Gasteiger partial charge on any atom is -0.491 e. The molecule has 0 saturated heterocycles. The number of nitrogens with zero attached hydrogens (tertiary/aromatic N) is 2. The maximum atomic E-state index is 5.66. The smallest absolute Gasteiger partial charge is 0.166 e. The van der Waals surface area contributed by atoms with Gasteiger partial charge in [0.05, 0.1) is 6.04 Å². The molecule has 0 aliphatic carbocycles. The van der Waals surface area contributed by atoms with Crippen LogP contribution < -0.4 is 14.8 Å². The minimum absolute atomic E-state index is 0.265. The SMILES string of the molecule is CNC1COc2cc(OCc3ncccn3)ccc21. The molecule has 3 rings (SSSR count). The molecule has 0 saturated carbocycles. The Morgan fingerprint density at radius 3 is 3.00 bits per heavy atom. The summed E-state index contributed by atoms with van der Waals surface area (Å²) in [5.74, 6) is 2.31. The zero-order chi connectivity index (χ0) is 13.1. The van der Waals surface area contributed by atoms with Gasteiger partial charge in [-0.25, -0.2) is 9.97 Å². The molecule has 1 aromatic heterocycles. The first-order chi connectivity index (χ1) is 9.36. The molecule has 0 amide bonds. The molecule has 5 heteroatoms. The van der Waals surface area contributed by atoms with Crippen molar-refractivity contribution < 1.29 is 9.47 Å². The first kappa shape index (κ1) is 11.9. The third-order valence-corrected chi connectivity index (χ3v) is 3.10. The predicted molar refractivity (Wildman–Crippen MR) is 70.1 cm³/mol. The number of nitrogens with one attached hydrogen (secondary N) is 1. The van der Waals surface area contributed by atoms with E-state index in [1.54, 1.807) is 18.5 Å². The summed E-state index contributed by atoms with van der Waals surface area (Å²) in [6.45, 7) is 1.02. The van der Waals surface area contributed by atoms with Crippen LogP contribution in [0.5, 0.6) is 11.5 Å². The number of hydrogen-bond acceptors (Lipinski definition) is 5. The summed E-state index contributed by atoms with van der Waals surface area (Å²) in [5, 5.41) is 3.21. The van der Waals surface area contributed by atoms with E-state index in [0.717, 1.165) is 11.5 Å². The van der Waals surface area contributed by atoms with Crippen LogP contribution in [-0.4, -0.2) is 23.6 Å². The maximum Gasteiger partial charge on any atom is 0.166 e. The van der Waals surface area contributed by atoms with Gasteiger partial charge in [0.1, 0.15) is 24.7 Å². The van der Waals surface area contributed by atoms with Gasteiger partial charge in [-0.2, -0.15) is 0 Å². The molecule has 1 aromatic carbocycles. The van der Waals surface area contributed by atoms with Crippen molar-refractivity contribution in [2.45, 2.75) is 12.6 Å². The summed E-state index contributed by atoms with van der Waals surface area (Å²) >= 11 is 0. The van der Waals surface area contributed by atoms with Crippen LogP contribution in [0.3, 0.4) is 0 Å². The van der Waals surface area contributed by atoms with Crippen molar-refractivity contribution in [1.82, 2.24) is 15.3 Å². The second kappa shape index (κ2) is 5.24. The summed E-state index contributed by atoms with van der Waals surface area (Å²) in [5.41, 5.74) is 1.17. The molecule has 98 valence electrons. The van der Waals surface area contributed by atoms with Crippen LogP contribution >= 0.6 is 0 Å². The van der Waals surface area contributed by atoms with Gasteiger partial charge in [-0.1, -0.05) is 0 Å². The monoisotopic (exact) mass is 257 g/mol. The Labute approximate surface area is 111 Å². The zero-order valence-corrected chi connectivity index (χ0v) is 10.7. The topological polar surface area (TPSA) is 56.3 Å². The standard InChI is InChI=1S/C14H15N3O2/c1-15-12-8-19-13-7-10(3-4-11(12)13)18-9-14-16-5-2-6-17-14/h2-7,12,15H,8-9H2,1H3. The average molecular weight is 257 g/mol. The Hall–Kier alpha value is -2.14. The van der Waals surface area contributed by atoms with Crippen LogP contribution in [0.15, 0.2) is 36.7 Å². The van der Waals surface area contributed by atoms with Crippen LogP contribution in [-0.2, 0) is 6.61 Å². The largest absolute Gasteiger partial charge is 0.491 e. The molecule has 19 heavy (non-hydrogen) atoms. The van der Waals surface area contributed by atoms with E-state index in [9.17, 15) is 0 Å². The fraction of sp³-hybridized carbons (Fsp3) is 0.286. The number of rotatable bonds is 4. The lowest BCUT2D eigenvalue weighted by Gasteiger charge is -2.08. The number of ether oxygens (including phenoxy) is 2. The summed E-state index contributed by atoms with van der Waals surface area (Å²) < 4.78 is 11.3. The van der Waals surface area contributed by atoms with Crippen molar-refractivity contribution in [2.75, 3.05) is 13.7 Å². The van der Waals surface area contributed by atoms with Crippen LogP contribution in [0.4, 0.5) is 0 Å². The Morgan fingerprint density at radius 2 is 2.21 bits per heavy atom. The Morgan fingerprint density at radius 1 is 1.37 bits per heavy atom. The highest BCUT2D eigenvalue weighted by atomic mass is 16.5. The normalized spacial score (nSPS) is 16.8. The molecule has 0 radical (unpaired) electrons. The Bertz CT molecular complexity index is 560. The molecule has 0 bridgehead atoms. The maximum absolute atomic E-state index is 5.66. The lowest BCUT2D eigenvalue weighted by Crippen LogP contribution is -2.17. The predicted octanol–water partition coefficient (Wildman–Crippen LogP) is 1.71. The number of fused-ring (bicyclic) bond motifs is 1. The highest BCUT2D eigenvalue weighted by molar-refractivity contribution is 5.44. The van der Waals surface area contributed by atoms with Gasteiger partial charge in [0, 0.05) is 24.0 Å². The van der Waals surface area contributed by atoms with Crippen molar-refractivity contribution in [3.05, 3.63) is 48.0 Å². The first-order valence-electron chi connectivity index (χ1n) is 6.19. The summed E-state index contributed by atoms with van der Waals surface area (Å²) in [7, 11) is 1.93. The number of hydrogen-bond donors (Lipinski definition) is 1. The summed E-state index contributed by atoms with van der Waals surface area (Å²) in [4.78, 5) is 8.23. The lowest BCUT2D eigenvalue weighted by atomic mass is 10.1. The molecule has 1 atom stereocenters. The third kappa shape index (κ3) is 2.51. The number of likely N-dealkylation sites (N-methyl/N-ethyl adjacent to an activating group) is 1. The molecule has 0 fully saturated rings. The van der Waals surface area contributed by atoms with E-state index in [0.29, 0.717) is 19.0 Å². The molecule has 0 spiro atoms. The fourth-order valence-electron chi connectivity index (χ4n) is 2.07.